The molecular weight excluding hydrogens is 220 g/mol. The van der Waals surface area contributed by atoms with Crippen molar-refractivity contribution in [3.8, 4) is 0 Å². The largest absolute Gasteiger partial charge is 0.311 e. The molecule has 3 rings (SSSR count). The summed E-state index contributed by atoms with van der Waals surface area (Å²) < 4.78 is 0. The van der Waals surface area contributed by atoms with Crippen molar-refractivity contribution < 1.29 is 0 Å². The van der Waals surface area contributed by atoms with Crippen LogP contribution in [0, 0.1) is 5.41 Å². The minimum absolute atomic E-state index is 0.797. The Morgan fingerprint density at radius 2 is 1.39 bits per heavy atom. The Kier molecular flexibility index (Phi) is 3.95. The first-order chi connectivity index (χ1) is 8.76. The Bertz CT molecular complexity index is 252. The van der Waals surface area contributed by atoms with Crippen molar-refractivity contribution in [2.75, 3.05) is 20.1 Å². The fourth-order valence-electron chi connectivity index (χ4n) is 4.53. The van der Waals surface area contributed by atoms with Gasteiger partial charge in [0.25, 0.3) is 0 Å². The first-order valence-electron chi connectivity index (χ1n) is 8.20. The summed E-state index contributed by atoms with van der Waals surface area (Å²) in [4.78, 5) is 2.46. The number of likely N-dealkylation sites (tertiary alicyclic amines) is 1. The monoisotopic (exact) mass is 250 g/mol. The van der Waals surface area contributed by atoms with Crippen LogP contribution >= 0.6 is 0 Å². The molecule has 0 aromatic carbocycles. The number of rotatable bonds is 2. The molecule has 1 saturated heterocycles. The predicted octanol–water partition coefficient (Wildman–Crippen LogP) is 3.17. The van der Waals surface area contributed by atoms with Crippen molar-refractivity contribution in [3.63, 3.8) is 0 Å². The van der Waals surface area contributed by atoms with Crippen LogP contribution in [0.25, 0.3) is 0 Å². The van der Waals surface area contributed by atoms with Crippen LogP contribution in [0.3, 0.4) is 0 Å². The van der Waals surface area contributed by atoms with Gasteiger partial charge in [-0.25, -0.2) is 0 Å². The van der Waals surface area contributed by atoms with Gasteiger partial charge < -0.3 is 10.2 Å². The molecule has 0 aromatic rings. The predicted molar refractivity (Wildman–Crippen MR) is 76.8 cm³/mol. The number of piperidine rings is 1. The van der Waals surface area contributed by atoms with E-state index in [2.05, 4.69) is 17.3 Å². The van der Waals surface area contributed by atoms with Gasteiger partial charge >= 0.3 is 0 Å². The lowest BCUT2D eigenvalue weighted by Gasteiger charge is -2.40. The van der Waals surface area contributed by atoms with Gasteiger partial charge in [0.1, 0.15) is 0 Å². The van der Waals surface area contributed by atoms with Gasteiger partial charge in [0.2, 0.25) is 0 Å². The molecule has 104 valence electrons. The van der Waals surface area contributed by atoms with Crippen LogP contribution in [0.5, 0.6) is 0 Å². The van der Waals surface area contributed by atoms with Crippen LogP contribution in [0.1, 0.15) is 64.2 Å². The molecule has 0 aromatic heterocycles. The average molecular weight is 250 g/mol. The minimum Gasteiger partial charge on any atom is -0.311 e. The second kappa shape index (κ2) is 5.50. The van der Waals surface area contributed by atoms with E-state index in [0.717, 1.165) is 17.5 Å². The van der Waals surface area contributed by atoms with Gasteiger partial charge in [-0.2, -0.15) is 0 Å². The van der Waals surface area contributed by atoms with E-state index in [1.807, 2.05) is 0 Å². The Morgan fingerprint density at radius 1 is 0.833 bits per heavy atom. The molecule has 18 heavy (non-hydrogen) atoms. The first kappa shape index (κ1) is 12.9. The second-order valence-electron chi connectivity index (χ2n) is 7.23. The fraction of sp³-hybridized carbons (Fsp3) is 1.00. The van der Waals surface area contributed by atoms with Crippen LogP contribution in [0.2, 0.25) is 0 Å². The van der Waals surface area contributed by atoms with Gasteiger partial charge in [-0.05, 0) is 76.9 Å². The highest BCUT2D eigenvalue weighted by molar-refractivity contribution is 4.92. The minimum atomic E-state index is 0.797. The maximum Gasteiger partial charge on any atom is 0.00939 e. The molecule has 1 N–H and O–H groups in total. The maximum absolute atomic E-state index is 3.96. The third-order valence-corrected chi connectivity index (χ3v) is 5.90. The normalized spacial score (nSPS) is 31.2. The van der Waals surface area contributed by atoms with Crippen LogP contribution in [0.15, 0.2) is 0 Å². The number of hydrogen-bond acceptors (Lipinski definition) is 2. The molecule has 0 amide bonds. The van der Waals surface area contributed by atoms with E-state index in [1.54, 1.807) is 0 Å². The molecule has 2 saturated carbocycles. The Balaban J connectivity index is 1.42. The summed E-state index contributed by atoms with van der Waals surface area (Å²) in [6.45, 7) is 2.57. The number of nitrogens with one attached hydrogen (secondary N) is 1. The number of hydrogen-bond donors (Lipinski definition) is 1. The highest BCUT2D eigenvalue weighted by atomic mass is 15.1. The van der Waals surface area contributed by atoms with E-state index in [-0.39, 0.29) is 0 Å². The Labute approximate surface area is 113 Å². The SMILES string of the molecule is CN1CCC(NC2CCC3(CCCC3)CC2)CC1. The van der Waals surface area contributed by atoms with E-state index in [4.69, 9.17) is 0 Å². The third kappa shape index (κ3) is 2.91. The van der Waals surface area contributed by atoms with Crippen molar-refractivity contribution in [1.82, 2.24) is 10.2 Å². The molecule has 1 spiro atoms. The van der Waals surface area contributed by atoms with E-state index < -0.39 is 0 Å². The molecule has 1 heterocycles. The topological polar surface area (TPSA) is 15.3 Å². The number of nitrogens with zero attached hydrogens (tertiary/aromatic N) is 1. The quantitative estimate of drug-likeness (QED) is 0.810. The second-order valence-corrected chi connectivity index (χ2v) is 7.23. The molecule has 1 aliphatic heterocycles. The summed E-state index contributed by atoms with van der Waals surface area (Å²) in [5.74, 6) is 0. The lowest BCUT2D eigenvalue weighted by molar-refractivity contribution is 0.149. The Hall–Kier alpha value is -0.0800. The van der Waals surface area contributed by atoms with Crippen LogP contribution < -0.4 is 5.32 Å². The average Bonchev–Trinajstić information content (AvgIpc) is 2.84. The molecular formula is C16H30N2. The first-order valence-corrected chi connectivity index (χ1v) is 8.20. The molecule has 2 nitrogen and oxygen atoms in total. The van der Waals surface area contributed by atoms with Gasteiger partial charge in [0.05, 0.1) is 0 Å². The zero-order valence-corrected chi connectivity index (χ0v) is 12.1. The lowest BCUT2D eigenvalue weighted by Crippen LogP contribution is -2.47. The zero-order valence-electron chi connectivity index (χ0n) is 12.1. The van der Waals surface area contributed by atoms with Gasteiger partial charge in [-0.3, -0.25) is 0 Å². The van der Waals surface area contributed by atoms with E-state index in [0.29, 0.717) is 0 Å². The summed E-state index contributed by atoms with van der Waals surface area (Å²) in [5.41, 5.74) is 0.797. The standard InChI is InChI=1S/C16H30N2/c1-18-12-6-15(7-13-18)17-14-4-10-16(11-5-14)8-2-3-9-16/h14-15,17H,2-13H2,1H3. The van der Waals surface area contributed by atoms with Crippen molar-refractivity contribution in [2.24, 2.45) is 5.41 Å². The molecule has 0 unspecified atom stereocenters. The summed E-state index contributed by atoms with van der Waals surface area (Å²) >= 11 is 0. The highest BCUT2D eigenvalue weighted by Crippen LogP contribution is 2.48. The van der Waals surface area contributed by atoms with Crippen LogP contribution in [0.4, 0.5) is 0 Å². The van der Waals surface area contributed by atoms with Crippen LogP contribution in [-0.4, -0.2) is 37.1 Å². The zero-order chi connectivity index (χ0) is 12.4. The van der Waals surface area contributed by atoms with Crippen molar-refractivity contribution in [1.29, 1.82) is 0 Å². The maximum atomic E-state index is 3.96. The van der Waals surface area contributed by atoms with Crippen molar-refractivity contribution in [2.45, 2.75) is 76.3 Å². The van der Waals surface area contributed by atoms with E-state index in [9.17, 15) is 0 Å². The third-order valence-electron chi connectivity index (χ3n) is 5.90. The van der Waals surface area contributed by atoms with Gasteiger partial charge in [0, 0.05) is 12.1 Å². The molecule has 3 fully saturated rings. The molecule has 2 heteroatoms. The van der Waals surface area contributed by atoms with Gasteiger partial charge in [-0.15, -0.1) is 0 Å². The molecule has 3 aliphatic rings. The Morgan fingerprint density at radius 3 is 2.00 bits per heavy atom. The highest BCUT2D eigenvalue weighted by Gasteiger charge is 2.37. The van der Waals surface area contributed by atoms with Crippen LogP contribution in [-0.2, 0) is 0 Å². The molecule has 0 radical (unpaired) electrons. The summed E-state index contributed by atoms with van der Waals surface area (Å²) in [5, 5.41) is 3.96. The molecule has 2 aliphatic carbocycles. The van der Waals surface area contributed by atoms with Crippen molar-refractivity contribution >= 4 is 0 Å². The summed E-state index contributed by atoms with van der Waals surface area (Å²) in [7, 11) is 2.25. The molecule has 0 atom stereocenters. The van der Waals surface area contributed by atoms with E-state index in [1.165, 1.54) is 77.3 Å². The molecule has 0 bridgehead atoms. The fourth-order valence-corrected chi connectivity index (χ4v) is 4.53. The van der Waals surface area contributed by atoms with E-state index >= 15 is 0 Å². The summed E-state index contributed by atoms with van der Waals surface area (Å²) in [6, 6.07) is 1.65. The van der Waals surface area contributed by atoms with Crippen molar-refractivity contribution in [3.05, 3.63) is 0 Å². The lowest BCUT2D eigenvalue weighted by atomic mass is 9.71. The van der Waals surface area contributed by atoms with Gasteiger partial charge in [0.15, 0.2) is 0 Å². The van der Waals surface area contributed by atoms with Gasteiger partial charge in [-0.1, -0.05) is 12.8 Å². The summed E-state index contributed by atoms with van der Waals surface area (Å²) in [6.07, 6.45) is 14.7. The smallest absolute Gasteiger partial charge is 0.00939 e.